The van der Waals surface area contributed by atoms with Crippen LogP contribution in [0.3, 0.4) is 0 Å². The molecule has 1 aliphatic heterocycles. The third-order valence-electron chi connectivity index (χ3n) is 4.02. The molecule has 0 radical (unpaired) electrons. The molecule has 1 aromatic carbocycles. The number of rotatable bonds is 5. The monoisotopic (exact) mass is 246 g/mol. The summed E-state index contributed by atoms with van der Waals surface area (Å²) < 4.78 is 0. The second-order valence-corrected chi connectivity index (χ2v) is 5.91. The van der Waals surface area contributed by atoms with Gasteiger partial charge < -0.3 is 5.73 Å². The van der Waals surface area contributed by atoms with E-state index in [2.05, 4.69) is 49.1 Å². The summed E-state index contributed by atoms with van der Waals surface area (Å²) in [6.07, 6.45) is 2.50. The van der Waals surface area contributed by atoms with Crippen LogP contribution in [0.1, 0.15) is 38.2 Å². The van der Waals surface area contributed by atoms with Gasteiger partial charge in [0.25, 0.3) is 0 Å². The Morgan fingerprint density at radius 1 is 1.28 bits per heavy atom. The Kier molecular flexibility index (Phi) is 4.79. The fraction of sp³-hybridized carbons (Fsp3) is 0.625. The van der Waals surface area contributed by atoms with E-state index in [9.17, 15) is 0 Å². The van der Waals surface area contributed by atoms with Gasteiger partial charge in [-0.05, 0) is 36.8 Å². The highest BCUT2D eigenvalue weighted by molar-refractivity contribution is 5.21. The van der Waals surface area contributed by atoms with Crippen LogP contribution in [0.2, 0.25) is 0 Å². The van der Waals surface area contributed by atoms with E-state index in [1.54, 1.807) is 0 Å². The smallest absolute Gasteiger partial charge is 0.0221 e. The average Bonchev–Trinajstić information content (AvgIpc) is 2.86. The molecule has 1 aliphatic rings. The predicted octanol–water partition coefficient (Wildman–Crippen LogP) is 2.85. The minimum absolute atomic E-state index is 0.568. The Balaban J connectivity index is 1.95. The van der Waals surface area contributed by atoms with Gasteiger partial charge in [-0.3, -0.25) is 4.90 Å². The SMILES string of the molecule is CC(C)CC(CN)N1CCC(c2ccccc2)C1. The van der Waals surface area contributed by atoms with Crippen molar-refractivity contribution in [2.45, 2.75) is 38.6 Å². The Morgan fingerprint density at radius 2 is 2.00 bits per heavy atom. The van der Waals surface area contributed by atoms with E-state index in [0.29, 0.717) is 12.0 Å². The summed E-state index contributed by atoms with van der Waals surface area (Å²) in [7, 11) is 0. The zero-order chi connectivity index (χ0) is 13.0. The molecular weight excluding hydrogens is 220 g/mol. The van der Waals surface area contributed by atoms with E-state index < -0.39 is 0 Å². The van der Waals surface area contributed by atoms with Gasteiger partial charge >= 0.3 is 0 Å². The van der Waals surface area contributed by atoms with Crippen LogP contribution in [-0.2, 0) is 0 Å². The van der Waals surface area contributed by atoms with E-state index >= 15 is 0 Å². The number of nitrogens with two attached hydrogens (primary N) is 1. The van der Waals surface area contributed by atoms with Crippen LogP contribution in [0.15, 0.2) is 30.3 Å². The fourth-order valence-electron chi connectivity index (χ4n) is 3.05. The number of hydrogen-bond acceptors (Lipinski definition) is 2. The van der Waals surface area contributed by atoms with Gasteiger partial charge in [0.2, 0.25) is 0 Å². The van der Waals surface area contributed by atoms with Gasteiger partial charge in [-0.15, -0.1) is 0 Å². The lowest BCUT2D eigenvalue weighted by Crippen LogP contribution is -2.39. The molecule has 0 amide bonds. The molecule has 1 heterocycles. The summed E-state index contributed by atoms with van der Waals surface area (Å²) in [6.45, 7) is 7.74. The van der Waals surface area contributed by atoms with Crippen molar-refractivity contribution in [2.24, 2.45) is 11.7 Å². The molecule has 2 unspecified atom stereocenters. The maximum atomic E-state index is 5.94. The zero-order valence-electron chi connectivity index (χ0n) is 11.7. The normalized spacial score (nSPS) is 22.6. The Hall–Kier alpha value is -0.860. The summed E-state index contributed by atoms with van der Waals surface area (Å²) in [5.41, 5.74) is 7.43. The van der Waals surface area contributed by atoms with Gasteiger partial charge in [-0.1, -0.05) is 44.2 Å². The fourth-order valence-corrected chi connectivity index (χ4v) is 3.05. The second-order valence-electron chi connectivity index (χ2n) is 5.91. The van der Waals surface area contributed by atoms with Crippen LogP contribution in [-0.4, -0.2) is 30.6 Å². The van der Waals surface area contributed by atoms with Gasteiger partial charge in [0.05, 0.1) is 0 Å². The van der Waals surface area contributed by atoms with E-state index in [1.165, 1.54) is 31.5 Å². The number of hydrogen-bond donors (Lipinski definition) is 1. The molecule has 2 atom stereocenters. The maximum absolute atomic E-state index is 5.94. The van der Waals surface area contributed by atoms with Crippen LogP contribution >= 0.6 is 0 Å². The van der Waals surface area contributed by atoms with E-state index in [1.807, 2.05) is 0 Å². The van der Waals surface area contributed by atoms with Crippen molar-refractivity contribution in [2.75, 3.05) is 19.6 Å². The predicted molar refractivity (Wildman–Crippen MR) is 77.7 cm³/mol. The lowest BCUT2D eigenvalue weighted by atomic mass is 9.98. The minimum Gasteiger partial charge on any atom is -0.329 e. The Morgan fingerprint density at radius 3 is 2.61 bits per heavy atom. The molecule has 2 N–H and O–H groups in total. The van der Waals surface area contributed by atoms with Gasteiger partial charge in [-0.2, -0.15) is 0 Å². The molecule has 2 rings (SSSR count). The summed E-state index contributed by atoms with van der Waals surface area (Å²) in [5.74, 6) is 1.43. The molecule has 18 heavy (non-hydrogen) atoms. The first-order chi connectivity index (χ1) is 8.70. The van der Waals surface area contributed by atoms with Crippen molar-refractivity contribution < 1.29 is 0 Å². The summed E-state index contributed by atoms with van der Waals surface area (Å²) >= 11 is 0. The summed E-state index contributed by atoms with van der Waals surface area (Å²) in [6, 6.07) is 11.5. The first kappa shape index (κ1) is 13.6. The lowest BCUT2D eigenvalue weighted by Gasteiger charge is -2.28. The highest BCUT2D eigenvalue weighted by Crippen LogP contribution is 2.29. The lowest BCUT2D eigenvalue weighted by molar-refractivity contribution is 0.215. The number of benzene rings is 1. The maximum Gasteiger partial charge on any atom is 0.0221 e. The van der Waals surface area contributed by atoms with Crippen LogP contribution < -0.4 is 5.73 Å². The number of nitrogens with zero attached hydrogens (tertiary/aromatic N) is 1. The van der Waals surface area contributed by atoms with Crippen molar-refractivity contribution in [3.63, 3.8) is 0 Å². The molecule has 0 spiro atoms. The summed E-state index contributed by atoms with van der Waals surface area (Å²) in [5, 5.41) is 0. The van der Waals surface area contributed by atoms with Gasteiger partial charge in [0.15, 0.2) is 0 Å². The first-order valence-corrected chi connectivity index (χ1v) is 7.19. The Bertz CT molecular complexity index is 347. The molecular formula is C16H26N2. The quantitative estimate of drug-likeness (QED) is 0.865. The topological polar surface area (TPSA) is 29.3 Å². The molecule has 0 saturated carbocycles. The molecule has 2 nitrogen and oxygen atoms in total. The third-order valence-corrected chi connectivity index (χ3v) is 4.02. The molecule has 1 fully saturated rings. The van der Waals surface area contributed by atoms with Crippen molar-refractivity contribution in [1.82, 2.24) is 4.90 Å². The molecule has 2 heteroatoms. The molecule has 100 valence electrons. The van der Waals surface area contributed by atoms with Crippen LogP contribution in [0.5, 0.6) is 0 Å². The van der Waals surface area contributed by atoms with Crippen molar-refractivity contribution >= 4 is 0 Å². The van der Waals surface area contributed by atoms with Crippen LogP contribution in [0.4, 0.5) is 0 Å². The Labute approximate surface area is 111 Å². The largest absolute Gasteiger partial charge is 0.329 e. The molecule has 0 bridgehead atoms. The molecule has 1 aromatic rings. The van der Waals surface area contributed by atoms with Gasteiger partial charge in [-0.25, -0.2) is 0 Å². The average molecular weight is 246 g/mol. The standard InChI is InChI=1S/C16H26N2/c1-13(2)10-16(11-17)18-9-8-15(12-18)14-6-4-3-5-7-14/h3-7,13,15-16H,8-12,17H2,1-2H3. The van der Waals surface area contributed by atoms with Crippen LogP contribution in [0.25, 0.3) is 0 Å². The number of likely N-dealkylation sites (tertiary alicyclic amines) is 1. The van der Waals surface area contributed by atoms with E-state index in [4.69, 9.17) is 5.73 Å². The first-order valence-electron chi connectivity index (χ1n) is 7.19. The van der Waals surface area contributed by atoms with E-state index in [-0.39, 0.29) is 0 Å². The van der Waals surface area contributed by atoms with Crippen molar-refractivity contribution in [3.8, 4) is 0 Å². The van der Waals surface area contributed by atoms with Gasteiger partial charge in [0, 0.05) is 19.1 Å². The van der Waals surface area contributed by atoms with Crippen molar-refractivity contribution in [1.29, 1.82) is 0 Å². The highest BCUT2D eigenvalue weighted by Gasteiger charge is 2.28. The molecule has 0 aromatic heterocycles. The van der Waals surface area contributed by atoms with Crippen molar-refractivity contribution in [3.05, 3.63) is 35.9 Å². The molecule has 0 aliphatic carbocycles. The molecule has 1 saturated heterocycles. The second kappa shape index (κ2) is 6.35. The van der Waals surface area contributed by atoms with Crippen LogP contribution in [0, 0.1) is 5.92 Å². The van der Waals surface area contributed by atoms with Gasteiger partial charge in [0.1, 0.15) is 0 Å². The summed E-state index contributed by atoms with van der Waals surface area (Å²) in [4.78, 5) is 2.59. The highest BCUT2D eigenvalue weighted by atomic mass is 15.2. The minimum atomic E-state index is 0.568. The van der Waals surface area contributed by atoms with E-state index in [0.717, 1.165) is 12.5 Å². The third kappa shape index (κ3) is 3.33. The zero-order valence-corrected chi connectivity index (χ0v) is 11.7.